The van der Waals surface area contributed by atoms with Crippen molar-refractivity contribution in [3.05, 3.63) is 54.4 Å². The molecule has 1 aliphatic carbocycles. The molecule has 14 heteroatoms. The summed E-state index contributed by atoms with van der Waals surface area (Å²) >= 11 is 4.82. The standard InChI is InChI=1S/C32H38ClF2N7O4/c1-31(2,3)46-30(44)42-18-21-14-24(15-22(21)19-42)40-10-12-41(13-11-40)28-26(27-8-9-37-39-27)16-20(17-36-28)29(43)38-23-4-6-25(7-5-23)45-32(33,34)35/h4-9,16-17,21-22,24H,10-15,18-19H2,1-3H3,(H,37,39)(H,38,43)/t21-,22+,24?. The molecule has 2 amide bonds. The van der Waals surface area contributed by atoms with Gasteiger partial charge in [0.2, 0.25) is 0 Å². The maximum atomic E-state index is 13.1. The van der Waals surface area contributed by atoms with Crippen LogP contribution in [0.2, 0.25) is 0 Å². The van der Waals surface area contributed by atoms with Gasteiger partial charge in [-0.3, -0.25) is 14.8 Å². The molecule has 0 bridgehead atoms. The van der Waals surface area contributed by atoms with E-state index in [4.69, 9.17) is 21.3 Å². The van der Waals surface area contributed by atoms with Crippen LogP contribution >= 0.6 is 11.6 Å². The molecule has 1 saturated carbocycles. The minimum atomic E-state index is -3.82. The molecule has 0 spiro atoms. The molecule has 3 atom stereocenters. The van der Waals surface area contributed by atoms with Gasteiger partial charge in [-0.1, -0.05) is 0 Å². The van der Waals surface area contributed by atoms with E-state index in [0.717, 1.165) is 69.2 Å². The van der Waals surface area contributed by atoms with E-state index in [0.29, 0.717) is 29.1 Å². The number of ether oxygens (including phenoxy) is 2. The van der Waals surface area contributed by atoms with Crippen molar-refractivity contribution < 1.29 is 27.8 Å². The smallest absolute Gasteiger partial charge is 0.444 e. The van der Waals surface area contributed by atoms with Gasteiger partial charge in [-0.2, -0.15) is 5.10 Å². The predicted molar refractivity (Wildman–Crippen MR) is 169 cm³/mol. The highest BCUT2D eigenvalue weighted by molar-refractivity contribution is 6.20. The van der Waals surface area contributed by atoms with Gasteiger partial charge in [0.1, 0.15) is 17.2 Å². The van der Waals surface area contributed by atoms with Gasteiger partial charge in [0, 0.05) is 80.6 Å². The molecule has 2 aromatic heterocycles. The molecule has 11 nitrogen and oxygen atoms in total. The first-order chi connectivity index (χ1) is 21.8. The zero-order valence-corrected chi connectivity index (χ0v) is 26.8. The molecule has 6 rings (SSSR count). The van der Waals surface area contributed by atoms with Crippen LogP contribution in [0.3, 0.4) is 0 Å². The molecule has 2 saturated heterocycles. The number of fused-ring (bicyclic) bond motifs is 1. The Kier molecular flexibility index (Phi) is 8.81. The lowest BCUT2D eigenvalue weighted by Gasteiger charge is -2.39. The third-order valence-corrected chi connectivity index (χ3v) is 8.85. The highest BCUT2D eigenvalue weighted by Crippen LogP contribution is 2.41. The molecule has 1 unspecified atom stereocenters. The predicted octanol–water partition coefficient (Wildman–Crippen LogP) is 5.66. The fourth-order valence-electron chi connectivity index (χ4n) is 6.72. The monoisotopic (exact) mass is 657 g/mol. The summed E-state index contributed by atoms with van der Waals surface area (Å²) in [5, 5.41) is 9.85. The quantitative estimate of drug-likeness (QED) is 0.313. The van der Waals surface area contributed by atoms with Crippen molar-refractivity contribution in [2.75, 3.05) is 49.5 Å². The summed E-state index contributed by atoms with van der Waals surface area (Å²) in [4.78, 5) is 37.1. The second-order valence-corrected chi connectivity index (χ2v) is 13.6. The number of hydrogen-bond acceptors (Lipinski definition) is 8. The van der Waals surface area contributed by atoms with E-state index in [1.807, 2.05) is 31.7 Å². The molecular weight excluding hydrogens is 620 g/mol. The first kappa shape index (κ1) is 32.0. The summed E-state index contributed by atoms with van der Waals surface area (Å²) in [7, 11) is 0. The molecule has 1 aromatic carbocycles. The Morgan fingerprint density at radius 1 is 1.02 bits per heavy atom. The average Bonchev–Trinajstić information content (AvgIpc) is 3.74. The Hall–Kier alpha value is -3.97. The van der Waals surface area contributed by atoms with Crippen LogP contribution in [0.25, 0.3) is 11.3 Å². The zero-order valence-electron chi connectivity index (χ0n) is 26.0. The molecular formula is C32H38ClF2N7O4. The number of pyridine rings is 1. The van der Waals surface area contributed by atoms with Crippen molar-refractivity contribution in [3.63, 3.8) is 0 Å². The van der Waals surface area contributed by atoms with Crippen LogP contribution in [-0.2, 0) is 4.74 Å². The topological polar surface area (TPSA) is 116 Å². The number of aromatic amines is 1. The van der Waals surface area contributed by atoms with Crippen LogP contribution in [0.5, 0.6) is 5.75 Å². The van der Waals surface area contributed by atoms with E-state index in [2.05, 4.69) is 30.1 Å². The van der Waals surface area contributed by atoms with Crippen molar-refractivity contribution in [1.29, 1.82) is 0 Å². The van der Waals surface area contributed by atoms with Crippen molar-refractivity contribution in [3.8, 4) is 17.0 Å². The number of nitrogens with one attached hydrogen (secondary N) is 2. The Morgan fingerprint density at radius 2 is 1.70 bits per heavy atom. The largest absolute Gasteiger partial charge is 0.487 e. The van der Waals surface area contributed by atoms with E-state index in [9.17, 15) is 18.4 Å². The number of amides is 2. The Labute approximate surface area is 271 Å². The number of carbonyl (C=O) groups excluding carboxylic acids is 2. The van der Waals surface area contributed by atoms with E-state index in [1.54, 1.807) is 12.3 Å². The van der Waals surface area contributed by atoms with Crippen molar-refractivity contribution in [1.82, 2.24) is 25.0 Å². The summed E-state index contributed by atoms with van der Waals surface area (Å²) in [5.41, 5.74) is -2.10. The fraction of sp³-hybridized carbons (Fsp3) is 0.500. The summed E-state index contributed by atoms with van der Waals surface area (Å²) in [6.07, 6.45) is 5.15. The van der Waals surface area contributed by atoms with Gasteiger partial charge in [0.15, 0.2) is 0 Å². The SMILES string of the molecule is CC(C)(C)OC(=O)N1C[C@H]2CC(N3CCN(c4ncc(C(=O)Nc5ccc(OC(F)(F)Cl)cc5)cc4-c4ccn[nH]4)CC3)C[C@H]2C1. The van der Waals surface area contributed by atoms with Gasteiger partial charge in [0.05, 0.1) is 11.3 Å². The summed E-state index contributed by atoms with van der Waals surface area (Å²) in [5.74, 6) is 1.23. The number of nitrogens with zero attached hydrogens (tertiary/aromatic N) is 5. The Bertz CT molecular complexity index is 1520. The Morgan fingerprint density at radius 3 is 2.28 bits per heavy atom. The minimum absolute atomic E-state index is 0.133. The van der Waals surface area contributed by atoms with Crippen molar-refractivity contribution in [2.24, 2.45) is 11.8 Å². The second kappa shape index (κ2) is 12.7. The van der Waals surface area contributed by atoms with Crippen LogP contribution in [0.15, 0.2) is 48.8 Å². The zero-order chi connectivity index (χ0) is 32.6. The molecule has 246 valence electrons. The normalized spacial score (nSPS) is 22.1. The van der Waals surface area contributed by atoms with Gasteiger partial charge in [0.25, 0.3) is 5.91 Å². The van der Waals surface area contributed by atoms with Gasteiger partial charge >= 0.3 is 11.7 Å². The number of carbonyl (C=O) groups is 2. The van der Waals surface area contributed by atoms with E-state index >= 15 is 0 Å². The highest BCUT2D eigenvalue weighted by Gasteiger charge is 2.45. The van der Waals surface area contributed by atoms with E-state index in [1.165, 1.54) is 30.5 Å². The number of hydrogen-bond donors (Lipinski definition) is 2. The lowest BCUT2D eigenvalue weighted by atomic mass is 10.0. The summed E-state index contributed by atoms with van der Waals surface area (Å²) in [6, 6.07) is 9.58. The summed E-state index contributed by atoms with van der Waals surface area (Å²) in [6.45, 7) is 10.6. The van der Waals surface area contributed by atoms with Crippen LogP contribution in [0, 0.1) is 11.8 Å². The number of anilines is 2. The molecule has 2 aliphatic heterocycles. The Balaban J connectivity index is 1.07. The molecule has 3 aromatic rings. The molecule has 46 heavy (non-hydrogen) atoms. The van der Waals surface area contributed by atoms with Gasteiger partial charge in [-0.05, 0) is 81.8 Å². The van der Waals surface area contributed by atoms with Crippen LogP contribution < -0.4 is 15.0 Å². The van der Waals surface area contributed by atoms with Crippen molar-refractivity contribution in [2.45, 2.75) is 50.8 Å². The molecule has 3 fully saturated rings. The number of rotatable bonds is 7. The summed E-state index contributed by atoms with van der Waals surface area (Å²) < 4.78 is 35.7. The second-order valence-electron chi connectivity index (χ2n) is 13.1. The van der Waals surface area contributed by atoms with E-state index in [-0.39, 0.29) is 11.8 Å². The van der Waals surface area contributed by atoms with Crippen LogP contribution in [0.4, 0.5) is 25.1 Å². The molecule has 3 aliphatic rings. The fourth-order valence-corrected chi connectivity index (χ4v) is 6.81. The number of aromatic nitrogens is 3. The maximum absolute atomic E-state index is 13.1. The average molecular weight is 658 g/mol. The number of benzene rings is 1. The van der Waals surface area contributed by atoms with Crippen LogP contribution in [0.1, 0.15) is 44.0 Å². The number of alkyl halides is 3. The lowest BCUT2D eigenvalue weighted by molar-refractivity contribution is -0.0964. The van der Waals surface area contributed by atoms with Crippen molar-refractivity contribution >= 4 is 35.1 Å². The van der Waals surface area contributed by atoms with Gasteiger partial charge < -0.3 is 24.6 Å². The molecule has 2 N–H and O–H groups in total. The highest BCUT2D eigenvalue weighted by atomic mass is 35.5. The van der Waals surface area contributed by atoms with Gasteiger partial charge in [-0.25, -0.2) is 9.78 Å². The molecule has 4 heterocycles. The lowest BCUT2D eigenvalue weighted by Crippen LogP contribution is -2.50. The van der Waals surface area contributed by atoms with Crippen LogP contribution in [-0.4, -0.2) is 93.5 Å². The number of piperazine rings is 1. The first-order valence-electron chi connectivity index (χ1n) is 15.5. The maximum Gasteiger partial charge on any atom is 0.487 e. The number of H-pyrrole nitrogens is 1. The van der Waals surface area contributed by atoms with Gasteiger partial charge in [-0.15, -0.1) is 8.78 Å². The number of likely N-dealkylation sites (tertiary alicyclic amines) is 1. The third kappa shape index (κ3) is 7.52. The molecule has 0 radical (unpaired) electrons. The first-order valence-corrected chi connectivity index (χ1v) is 15.8. The third-order valence-electron chi connectivity index (χ3n) is 8.77. The number of halogens is 3. The minimum Gasteiger partial charge on any atom is -0.444 e. The van der Waals surface area contributed by atoms with E-state index < -0.39 is 17.1 Å².